The van der Waals surface area contributed by atoms with Crippen LogP contribution in [0.2, 0.25) is 0 Å². The number of carboxylic acids is 2. The number of benzene rings is 2. The molecule has 2 N–H and O–H groups in total. The van der Waals surface area contributed by atoms with E-state index in [2.05, 4.69) is 0 Å². The molecule has 0 aliphatic rings. The Balaban J connectivity index is 0.00000180. The molecular weight excluding hydrogens is 323 g/mol. The molecule has 0 bridgehead atoms. The van der Waals surface area contributed by atoms with Gasteiger partial charge in [0.05, 0.1) is 11.1 Å². The molecule has 0 heterocycles. The van der Waals surface area contributed by atoms with Gasteiger partial charge in [0.15, 0.2) is 0 Å². The van der Waals surface area contributed by atoms with Crippen LogP contribution in [0, 0.1) is 0 Å². The molecule has 0 atom stereocenters. The Hall–Kier alpha value is -1.74. The van der Waals surface area contributed by atoms with E-state index in [-0.39, 0.29) is 37.3 Å². The van der Waals surface area contributed by atoms with Crippen molar-refractivity contribution in [3.63, 3.8) is 0 Å². The summed E-state index contributed by atoms with van der Waals surface area (Å²) < 4.78 is 0. The van der Waals surface area contributed by atoms with Crippen molar-refractivity contribution in [2.24, 2.45) is 0 Å². The summed E-state index contributed by atoms with van der Waals surface area (Å²) in [5.74, 6) is -2.49. The van der Waals surface area contributed by atoms with Crippen LogP contribution >= 0.6 is 0 Å². The Labute approximate surface area is 128 Å². The van der Waals surface area contributed by atoms with Gasteiger partial charge in [0.25, 0.3) is 0 Å². The summed E-state index contributed by atoms with van der Waals surface area (Å²) in [6.07, 6.45) is 0. The van der Waals surface area contributed by atoms with Gasteiger partial charge >= 0.3 is 11.9 Å². The molecule has 0 aliphatic heterocycles. The van der Waals surface area contributed by atoms with Crippen LogP contribution in [0.15, 0.2) is 48.5 Å². The number of aromatic carboxylic acids is 2. The molecule has 0 aliphatic carbocycles. The van der Waals surface area contributed by atoms with Crippen molar-refractivity contribution < 1.29 is 46.0 Å². The minimum absolute atomic E-state index is 0. The van der Waals surface area contributed by atoms with Gasteiger partial charge in [-0.2, -0.15) is 0 Å². The fourth-order valence-electron chi connectivity index (χ4n) is 1.82. The topological polar surface area (TPSA) is 74.6 Å². The van der Waals surface area contributed by atoms with Crippen LogP contribution in [-0.4, -0.2) is 22.2 Å². The Bertz CT molecular complexity index is 608. The zero-order valence-electron chi connectivity index (χ0n) is 9.83. The Morgan fingerprint density at radius 3 is 1.95 bits per heavy atom. The molecule has 0 radical (unpaired) electrons. The normalized spacial score (nSPS) is 9.47. The molecule has 0 fully saturated rings. The van der Waals surface area contributed by atoms with E-state index in [0.717, 1.165) is 0 Å². The van der Waals surface area contributed by atoms with Crippen molar-refractivity contribution >= 4 is 11.9 Å². The van der Waals surface area contributed by atoms with Crippen LogP contribution in [0.3, 0.4) is 0 Å². The van der Waals surface area contributed by atoms with E-state index >= 15 is 0 Å². The summed E-state index contributed by atoms with van der Waals surface area (Å²) in [4.78, 5) is 22.3. The van der Waals surface area contributed by atoms with E-state index < -0.39 is 11.9 Å². The van der Waals surface area contributed by atoms with Crippen molar-refractivity contribution in [3.05, 3.63) is 59.7 Å². The Kier molecular flexibility index (Phi) is 5.19. The standard InChI is InChI=1S/C14H10O4.Zr/c15-13(16)11-8-4-7-10(12(11)14(17)18)9-5-2-1-3-6-9;/h1-8H,(H,15,16)(H,17,18);. The van der Waals surface area contributed by atoms with E-state index in [1.165, 1.54) is 12.1 Å². The Morgan fingerprint density at radius 2 is 1.42 bits per heavy atom. The number of hydrogen-bond donors (Lipinski definition) is 2. The van der Waals surface area contributed by atoms with Crippen LogP contribution in [0.25, 0.3) is 11.1 Å². The Morgan fingerprint density at radius 1 is 0.789 bits per heavy atom. The smallest absolute Gasteiger partial charge is 0.337 e. The van der Waals surface area contributed by atoms with E-state index in [9.17, 15) is 14.7 Å². The van der Waals surface area contributed by atoms with Crippen LogP contribution in [0.4, 0.5) is 0 Å². The van der Waals surface area contributed by atoms with Gasteiger partial charge in [0.2, 0.25) is 0 Å². The average molecular weight is 333 g/mol. The molecular formula is C14H10O4Zr. The van der Waals surface area contributed by atoms with Gasteiger partial charge in [-0.1, -0.05) is 42.5 Å². The van der Waals surface area contributed by atoms with E-state index in [0.29, 0.717) is 11.1 Å². The predicted octanol–water partition coefficient (Wildman–Crippen LogP) is 2.75. The average Bonchev–Trinajstić information content (AvgIpc) is 2.38. The van der Waals surface area contributed by atoms with Crippen LogP contribution in [0.1, 0.15) is 20.7 Å². The minimum Gasteiger partial charge on any atom is -0.478 e. The fraction of sp³-hybridized carbons (Fsp3) is 0. The predicted molar refractivity (Wildman–Crippen MR) is 65.8 cm³/mol. The zero-order chi connectivity index (χ0) is 13.1. The SMILES string of the molecule is O=C(O)c1cccc(-c2ccccc2)c1C(=O)O.[Zr]. The minimum atomic E-state index is -1.25. The van der Waals surface area contributed by atoms with Crippen molar-refractivity contribution in [2.45, 2.75) is 0 Å². The fourth-order valence-corrected chi connectivity index (χ4v) is 1.82. The molecule has 0 amide bonds. The third-order valence-corrected chi connectivity index (χ3v) is 2.59. The van der Waals surface area contributed by atoms with E-state index in [4.69, 9.17) is 5.11 Å². The molecule has 2 aromatic rings. The summed E-state index contributed by atoms with van der Waals surface area (Å²) in [7, 11) is 0. The summed E-state index contributed by atoms with van der Waals surface area (Å²) in [6, 6.07) is 13.3. The first-order valence-electron chi connectivity index (χ1n) is 5.26. The third kappa shape index (κ3) is 3.18. The largest absolute Gasteiger partial charge is 0.478 e. The molecule has 0 unspecified atom stereocenters. The maximum Gasteiger partial charge on any atom is 0.337 e. The summed E-state index contributed by atoms with van der Waals surface area (Å²) >= 11 is 0. The van der Waals surface area contributed by atoms with Gasteiger partial charge in [0.1, 0.15) is 0 Å². The van der Waals surface area contributed by atoms with Gasteiger partial charge in [0, 0.05) is 26.2 Å². The molecule has 0 spiro atoms. The van der Waals surface area contributed by atoms with E-state index in [1.807, 2.05) is 6.07 Å². The zero-order valence-corrected chi connectivity index (χ0v) is 12.3. The second-order valence-corrected chi connectivity index (χ2v) is 3.70. The summed E-state index contributed by atoms with van der Waals surface area (Å²) in [5.41, 5.74) is 0.695. The first kappa shape index (κ1) is 15.3. The maximum atomic E-state index is 11.3. The van der Waals surface area contributed by atoms with E-state index in [1.54, 1.807) is 30.3 Å². The van der Waals surface area contributed by atoms with Crippen molar-refractivity contribution in [3.8, 4) is 11.1 Å². The van der Waals surface area contributed by atoms with Gasteiger partial charge < -0.3 is 10.2 Å². The number of carboxylic acid groups (broad SMARTS) is 2. The monoisotopic (exact) mass is 332 g/mol. The molecule has 0 saturated carbocycles. The molecule has 4 nitrogen and oxygen atoms in total. The molecule has 5 heteroatoms. The van der Waals surface area contributed by atoms with Gasteiger partial charge in [-0.3, -0.25) is 0 Å². The first-order chi connectivity index (χ1) is 8.61. The van der Waals surface area contributed by atoms with Crippen molar-refractivity contribution in [2.75, 3.05) is 0 Å². The number of carbonyl (C=O) groups is 2. The molecule has 0 saturated heterocycles. The van der Waals surface area contributed by atoms with Gasteiger partial charge in [-0.15, -0.1) is 0 Å². The molecule has 2 rings (SSSR count). The van der Waals surface area contributed by atoms with Crippen LogP contribution in [-0.2, 0) is 26.2 Å². The van der Waals surface area contributed by atoms with Crippen LogP contribution < -0.4 is 0 Å². The number of hydrogen-bond acceptors (Lipinski definition) is 2. The van der Waals surface area contributed by atoms with Crippen molar-refractivity contribution in [1.29, 1.82) is 0 Å². The first-order valence-corrected chi connectivity index (χ1v) is 5.26. The molecule has 94 valence electrons. The second kappa shape index (κ2) is 6.44. The quantitative estimate of drug-likeness (QED) is 0.906. The molecule has 0 aromatic heterocycles. The maximum absolute atomic E-state index is 11.3. The summed E-state index contributed by atoms with van der Waals surface area (Å²) in [6.45, 7) is 0. The van der Waals surface area contributed by atoms with Gasteiger partial charge in [-0.25, -0.2) is 9.59 Å². The second-order valence-electron chi connectivity index (χ2n) is 3.70. The van der Waals surface area contributed by atoms with Crippen molar-refractivity contribution in [1.82, 2.24) is 0 Å². The summed E-state index contributed by atoms with van der Waals surface area (Å²) in [5, 5.41) is 18.2. The molecule has 2 aromatic carbocycles. The number of rotatable bonds is 3. The van der Waals surface area contributed by atoms with Crippen LogP contribution in [0.5, 0.6) is 0 Å². The molecule has 19 heavy (non-hydrogen) atoms. The van der Waals surface area contributed by atoms with Gasteiger partial charge in [-0.05, 0) is 17.2 Å². The third-order valence-electron chi connectivity index (χ3n) is 2.59.